The van der Waals surface area contributed by atoms with Crippen molar-refractivity contribution in [3.63, 3.8) is 0 Å². The molecule has 118 valence electrons. The summed E-state index contributed by atoms with van der Waals surface area (Å²) in [5, 5.41) is -0.151. The van der Waals surface area contributed by atoms with Crippen molar-refractivity contribution in [3.05, 3.63) is 29.8 Å². The van der Waals surface area contributed by atoms with Crippen LogP contribution in [0, 0.1) is 0 Å². The lowest BCUT2D eigenvalue weighted by Gasteiger charge is -2.21. The van der Waals surface area contributed by atoms with E-state index in [4.69, 9.17) is 10.5 Å². The first-order valence-electron chi connectivity index (χ1n) is 7.75. The molecule has 1 aliphatic rings. The molecule has 1 aliphatic carbocycles. The molecular weight excluding hydrogens is 286 g/mol. The number of ether oxygens (including phenoxy) is 1. The molecule has 0 unspecified atom stereocenters. The van der Waals surface area contributed by atoms with Crippen LogP contribution in [-0.4, -0.2) is 32.6 Å². The lowest BCUT2D eigenvalue weighted by atomic mass is 10.0. The number of hydrogen-bond donors (Lipinski definition) is 1. The number of hydrogen-bond acceptors (Lipinski definition) is 4. The summed E-state index contributed by atoms with van der Waals surface area (Å²) < 4.78 is 30.0. The van der Waals surface area contributed by atoms with E-state index in [2.05, 4.69) is 0 Å². The average molecular weight is 311 g/mol. The molecule has 0 spiro atoms. The summed E-state index contributed by atoms with van der Waals surface area (Å²) in [4.78, 5) is 0. The summed E-state index contributed by atoms with van der Waals surface area (Å²) in [5.74, 6) is 0.831. The predicted molar refractivity (Wildman–Crippen MR) is 85.4 cm³/mol. The molecule has 5 heteroatoms. The van der Waals surface area contributed by atoms with Crippen LogP contribution in [0.1, 0.15) is 37.7 Å². The molecule has 1 aromatic rings. The Morgan fingerprint density at radius 1 is 1.10 bits per heavy atom. The van der Waals surface area contributed by atoms with Crippen molar-refractivity contribution in [2.24, 2.45) is 5.73 Å². The van der Waals surface area contributed by atoms with Crippen molar-refractivity contribution in [2.45, 2.75) is 43.8 Å². The van der Waals surface area contributed by atoms with Gasteiger partial charge in [0.1, 0.15) is 12.4 Å². The molecule has 0 radical (unpaired) electrons. The largest absolute Gasteiger partial charge is 0.493 e. The van der Waals surface area contributed by atoms with Gasteiger partial charge in [-0.2, -0.15) is 0 Å². The molecule has 1 fully saturated rings. The highest BCUT2D eigenvalue weighted by molar-refractivity contribution is 7.92. The Labute approximate surface area is 127 Å². The van der Waals surface area contributed by atoms with E-state index in [-0.39, 0.29) is 17.6 Å². The molecule has 0 amide bonds. The van der Waals surface area contributed by atoms with E-state index >= 15 is 0 Å². The third-order valence-corrected chi connectivity index (χ3v) is 6.28. The fourth-order valence-corrected chi connectivity index (χ4v) is 4.49. The van der Waals surface area contributed by atoms with E-state index in [1.807, 2.05) is 24.3 Å². The molecular formula is C16H25NO3S. The van der Waals surface area contributed by atoms with Gasteiger partial charge in [0, 0.05) is 0 Å². The molecule has 0 aliphatic heterocycles. The second-order valence-corrected chi connectivity index (χ2v) is 8.06. The fraction of sp³-hybridized carbons (Fsp3) is 0.625. The van der Waals surface area contributed by atoms with Crippen LogP contribution in [-0.2, 0) is 16.3 Å². The number of rotatable bonds is 7. The Hall–Kier alpha value is -1.07. The van der Waals surface area contributed by atoms with Gasteiger partial charge >= 0.3 is 0 Å². The standard InChI is InChI=1S/C16H25NO3S/c17-11-10-14-6-8-15(9-7-14)20-12-13-21(18,19)16-4-2-1-3-5-16/h6-9,16H,1-5,10-13,17H2. The van der Waals surface area contributed by atoms with Crippen molar-refractivity contribution in [1.29, 1.82) is 0 Å². The summed E-state index contributed by atoms with van der Waals surface area (Å²) in [7, 11) is -3.01. The molecule has 0 heterocycles. The SMILES string of the molecule is NCCc1ccc(OCCS(=O)(=O)C2CCCCC2)cc1. The number of sulfone groups is 1. The summed E-state index contributed by atoms with van der Waals surface area (Å²) in [6.45, 7) is 0.856. The van der Waals surface area contributed by atoms with Gasteiger partial charge in [0.25, 0.3) is 0 Å². The zero-order chi connectivity index (χ0) is 15.1. The Morgan fingerprint density at radius 3 is 2.38 bits per heavy atom. The van der Waals surface area contributed by atoms with Crippen LogP contribution in [0.15, 0.2) is 24.3 Å². The Morgan fingerprint density at radius 2 is 1.76 bits per heavy atom. The molecule has 0 bridgehead atoms. The minimum Gasteiger partial charge on any atom is -0.493 e. The van der Waals surface area contributed by atoms with Crippen LogP contribution in [0.2, 0.25) is 0 Å². The minimum absolute atomic E-state index is 0.113. The summed E-state index contributed by atoms with van der Waals surface area (Å²) >= 11 is 0. The zero-order valence-electron chi connectivity index (χ0n) is 12.5. The normalized spacial score (nSPS) is 16.8. The van der Waals surface area contributed by atoms with Gasteiger partial charge in [-0.05, 0) is 43.5 Å². The van der Waals surface area contributed by atoms with Gasteiger partial charge in [-0.15, -0.1) is 0 Å². The van der Waals surface area contributed by atoms with E-state index in [1.54, 1.807) is 0 Å². The molecule has 21 heavy (non-hydrogen) atoms. The van der Waals surface area contributed by atoms with Crippen molar-refractivity contribution in [1.82, 2.24) is 0 Å². The molecule has 0 aromatic heterocycles. The maximum Gasteiger partial charge on any atom is 0.156 e. The molecule has 1 aromatic carbocycles. The maximum atomic E-state index is 12.2. The topological polar surface area (TPSA) is 69.4 Å². The average Bonchev–Trinajstić information content (AvgIpc) is 2.50. The van der Waals surface area contributed by atoms with Crippen LogP contribution < -0.4 is 10.5 Å². The van der Waals surface area contributed by atoms with Gasteiger partial charge in [0.2, 0.25) is 0 Å². The molecule has 0 saturated heterocycles. The first-order valence-corrected chi connectivity index (χ1v) is 9.47. The van der Waals surface area contributed by atoms with Gasteiger partial charge < -0.3 is 10.5 Å². The molecule has 2 N–H and O–H groups in total. The van der Waals surface area contributed by atoms with Gasteiger partial charge in [0.15, 0.2) is 9.84 Å². The van der Waals surface area contributed by atoms with Crippen molar-refractivity contribution >= 4 is 9.84 Å². The zero-order valence-corrected chi connectivity index (χ0v) is 13.3. The Bertz CT molecular complexity index is 519. The smallest absolute Gasteiger partial charge is 0.156 e. The summed E-state index contributed by atoms with van der Waals surface area (Å²) in [6.07, 6.45) is 5.71. The van der Waals surface area contributed by atoms with Crippen LogP contribution in [0.3, 0.4) is 0 Å². The van der Waals surface area contributed by atoms with E-state index in [9.17, 15) is 8.42 Å². The molecule has 4 nitrogen and oxygen atoms in total. The van der Waals surface area contributed by atoms with Gasteiger partial charge in [-0.1, -0.05) is 31.4 Å². The van der Waals surface area contributed by atoms with E-state index in [0.29, 0.717) is 6.54 Å². The summed E-state index contributed by atoms with van der Waals surface area (Å²) in [6, 6.07) is 7.69. The van der Waals surface area contributed by atoms with E-state index in [1.165, 1.54) is 5.56 Å². The summed E-state index contributed by atoms with van der Waals surface area (Å²) in [5.41, 5.74) is 6.67. The van der Waals surface area contributed by atoms with Crippen molar-refractivity contribution in [2.75, 3.05) is 18.9 Å². The number of benzene rings is 1. The highest BCUT2D eigenvalue weighted by Gasteiger charge is 2.26. The first kappa shape index (κ1) is 16.3. The van der Waals surface area contributed by atoms with Gasteiger partial charge in [0.05, 0.1) is 11.0 Å². The highest BCUT2D eigenvalue weighted by atomic mass is 32.2. The van der Waals surface area contributed by atoms with Crippen LogP contribution in [0.4, 0.5) is 0 Å². The molecule has 1 saturated carbocycles. The number of nitrogens with two attached hydrogens (primary N) is 1. The van der Waals surface area contributed by atoms with Crippen LogP contribution in [0.25, 0.3) is 0 Å². The fourth-order valence-electron chi connectivity index (χ4n) is 2.79. The van der Waals surface area contributed by atoms with E-state index in [0.717, 1.165) is 44.3 Å². The third kappa shape index (κ3) is 5.00. The van der Waals surface area contributed by atoms with Gasteiger partial charge in [-0.3, -0.25) is 0 Å². The quantitative estimate of drug-likeness (QED) is 0.839. The van der Waals surface area contributed by atoms with Gasteiger partial charge in [-0.25, -0.2) is 8.42 Å². The molecule has 2 rings (SSSR count). The van der Waals surface area contributed by atoms with Crippen molar-refractivity contribution < 1.29 is 13.2 Å². The highest BCUT2D eigenvalue weighted by Crippen LogP contribution is 2.24. The van der Waals surface area contributed by atoms with Crippen molar-refractivity contribution in [3.8, 4) is 5.75 Å². The minimum atomic E-state index is -3.01. The first-order chi connectivity index (χ1) is 10.1. The molecule has 0 atom stereocenters. The maximum absolute atomic E-state index is 12.2. The second kappa shape index (κ2) is 7.80. The predicted octanol–water partition coefficient (Wildman–Crippen LogP) is 2.31. The monoisotopic (exact) mass is 311 g/mol. The lowest BCUT2D eigenvalue weighted by molar-refractivity contribution is 0.339. The van der Waals surface area contributed by atoms with Crippen LogP contribution in [0.5, 0.6) is 5.75 Å². The van der Waals surface area contributed by atoms with E-state index < -0.39 is 9.84 Å². The third-order valence-electron chi connectivity index (χ3n) is 4.05. The Balaban J connectivity index is 1.80. The lowest BCUT2D eigenvalue weighted by Crippen LogP contribution is -2.28. The second-order valence-electron chi connectivity index (χ2n) is 5.66. The van der Waals surface area contributed by atoms with Crippen LogP contribution >= 0.6 is 0 Å². The Kier molecular flexibility index (Phi) is 6.06.